The molecule has 0 aliphatic carbocycles. The van der Waals surface area contributed by atoms with Gasteiger partial charge in [-0.25, -0.2) is 0 Å². The lowest BCUT2D eigenvalue weighted by Crippen LogP contribution is -2.15. The average Bonchev–Trinajstić information content (AvgIpc) is 2.13. The van der Waals surface area contributed by atoms with Gasteiger partial charge in [0.05, 0.1) is 0 Å². The van der Waals surface area contributed by atoms with Crippen molar-refractivity contribution in [3.8, 4) is 0 Å². The van der Waals surface area contributed by atoms with E-state index in [9.17, 15) is 13.2 Å². The molecule has 0 aliphatic heterocycles. The van der Waals surface area contributed by atoms with E-state index in [1.54, 1.807) is 25.3 Å². The van der Waals surface area contributed by atoms with Crippen molar-refractivity contribution in [2.75, 3.05) is 0 Å². The normalized spacial score (nSPS) is 13.9. The van der Waals surface area contributed by atoms with Crippen LogP contribution in [0.5, 0.6) is 0 Å². The van der Waals surface area contributed by atoms with Gasteiger partial charge in [-0.1, -0.05) is 0 Å². The Morgan fingerprint density at radius 3 is 2.67 bits per heavy atom. The highest BCUT2D eigenvalue weighted by Gasteiger charge is 2.27. The summed E-state index contributed by atoms with van der Waals surface area (Å²) < 4.78 is 35.8. The van der Waals surface area contributed by atoms with Crippen molar-refractivity contribution in [2.24, 2.45) is 5.73 Å². The van der Waals surface area contributed by atoms with E-state index in [1.807, 2.05) is 0 Å². The summed E-state index contributed by atoms with van der Waals surface area (Å²) in [5.41, 5.74) is 7.10. The molecule has 0 saturated heterocycles. The number of hydrogen-bond acceptors (Lipinski definition) is 2. The first kappa shape index (κ1) is 12.0. The van der Waals surface area contributed by atoms with Crippen molar-refractivity contribution in [3.05, 3.63) is 29.6 Å². The second-order valence-corrected chi connectivity index (χ2v) is 3.49. The van der Waals surface area contributed by atoms with Gasteiger partial charge in [0.2, 0.25) is 0 Å². The van der Waals surface area contributed by atoms with Crippen LogP contribution >= 0.6 is 0 Å². The molecule has 1 rings (SSSR count). The number of rotatable bonds is 3. The van der Waals surface area contributed by atoms with Gasteiger partial charge in [-0.05, 0) is 31.0 Å². The maximum absolute atomic E-state index is 11.9. The number of pyridine rings is 1. The average molecular weight is 218 g/mol. The number of nitrogens with two attached hydrogens (primary N) is 1. The standard InChI is InChI=1S/C10H13F3N2/c1-7-6-8(3-5-15-7)9(14)2-4-10(11,12)13/h3,5-6,9H,2,4,14H2,1H3. The molecule has 5 heteroatoms. The number of alkyl halides is 3. The quantitative estimate of drug-likeness (QED) is 0.847. The molecule has 0 spiro atoms. The van der Waals surface area contributed by atoms with E-state index in [0.29, 0.717) is 5.56 Å². The van der Waals surface area contributed by atoms with E-state index in [-0.39, 0.29) is 6.42 Å². The molecule has 1 heterocycles. The van der Waals surface area contributed by atoms with Gasteiger partial charge in [0.25, 0.3) is 0 Å². The zero-order valence-corrected chi connectivity index (χ0v) is 8.38. The molecule has 1 atom stereocenters. The molecule has 0 aliphatic rings. The van der Waals surface area contributed by atoms with Crippen LogP contribution in [0.1, 0.15) is 30.1 Å². The zero-order valence-electron chi connectivity index (χ0n) is 8.38. The van der Waals surface area contributed by atoms with Gasteiger partial charge in [-0.2, -0.15) is 13.2 Å². The van der Waals surface area contributed by atoms with E-state index in [0.717, 1.165) is 5.69 Å². The number of halogens is 3. The molecular formula is C10H13F3N2. The predicted molar refractivity (Wildman–Crippen MR) is 51.2 cm³/mol. The number of nitrogens with zero attached hydrogens (tertiary/aromatic N) is 1. The van der Waals surface area contributed by atoms with Crippen molar-refractivity contribution in [1.82, 2.24) is 4.98 Å². The lowest BCUT2D eigenvalue weighted by molar-refractivity contribution is -0.136. The summed E-state index contributed by atoms with van der Waals surface area (Å²) in [6.45, 7) is 1.78. The molecule has 1 aromatic heterocycles. The molecule has 0 saturated carbocycles. The molecule has 15 heavy (non-hydrogen) atoms. The predicted octanol–water partition coefficient (Wildman–Crippen LogP) is 2.73. The molecule has 0 bridgehead atoms. The Morgan fingerprint density at radius 2 is 2.13 bits per heavy atom. The van der Waals surface area contributed by atoms with Crippen LogP contribution in [0.3, 0.4) is 0 Å². The van der Waals surface area contributed by atoms with Crippen molar-refractivity contribution >= 4 is 0 Å². The van der Waals surface area contributed by atoms with Crippen LogP contribution in [0, 0.1) is 6.92 Å². The molecule has 0 fully saturated rings. The summed E-state index contributed by atoms with van der Waals surface area (Å²) in [7, 11) is 0. The Labute approximate surface area is 86.3 Å². The van der Waals surface area contributed by atoms with Crippen molar-refractivity contribution in [1.29, 1.82) is 0 Å². The first-order valence-electron chi connectivity index (χ1n) is 4.63. The maximum atomic E-state index is 11.9. The van der Waals surface area contributed by atoms with Crippen LogP contribution in [0.4, 0.5) is 13.2 Å². The fourth-order valence-electron chi connectivity index (χ4n) is 1.28. The third kappa shape index (κ3) is 4.29. The highest BCUT2D eigenvalue weighted by atomic mass is 19.4. The Bertz CT molecular complexity index is 323. The molecule has 2 N–H and O–H groups in total. The first-order valence-corrected chi connectivity index (χ1v) is 4.63. The highest BCUT2D eigenvalue weighted by molar-refractivity contribution is 5.18. The molecular weight excluding hydrogens is 205 g/mol. The van der Waals surface area contributed by atoms with Crippen LogP contribution in [-0.4, -0.2) is 11.2 Å². The van der Waals surface area contributed by atoms with E-state index in [4.69, 9.17) is 5.73 Å². The fourth-order valence-corrected chi connectivity index (χ4v) is 1.28. The summed E-state index contributed by atoms with van der Waals surface area (Å²) >= 11 is 0. The van der Waals surface area contributed by atoms with Crippen LogP contribution in [-0.2, 0) is 0 Å². The largest absolute Gasteiger partial charge is 0.389 e. The SMILES string of the molecule is Cc1cc(C(N)CCC(F)(F)F)ccn1. The minimum Gasteiger partial charge on any atom is -0.324 e. The van der Waals surface area contributed by atoms with E-state index < -0.39 is 18.6 Å². The lowest BCUT2D eigenvalue weighted by atomic mass is 10.0. The summed E-state index contributed by atoms with van der Waals surface area (Å²) in [6.07, 6.45) is -3.53. The Morgan fingerprint density at radius 1 is 1.47 bits per heavy atom. The minimum absolute atomic E-state index is 0.0903. The second-order valence-electron chi connectivity index (χ2n) is 3.49. The number of aromatic nitrogens is 1. The van der Waals surface area contributed by atoms with Crippen LogP contribution < -0.4 is 5.73 Å². The Balaban J connectivity index is 2.58. The monoisotopic (exact) mass is 218 g/mol. The first-order chi connectivity index (χ1) is 6.88. The highest BCUT2D eigenvalue weighted by Crippen LogP contribution is 2.26. The second kappa shape index (κ2) is 4.61. The topological polar surface area (TPSA) is 38.9 Å². The van der Waals surface area contributed by atoms with Gasteiger partial charge >= 0.3 is 6.18 Å². The van der Waals surface area contributed by atoms with Gasteiger partial charge in [-0.3, -0.25) is 4.98 Å². The maximum Gasteiger partial charge on any atom is 0.389 e. The Hall–Kier alpha value is -1.10. The van der Waals surface area contributed by atoms with E-state index in [2.05, 4.69) is 4.98 Å². The van der Waals surface area contributed by atoms with Crippen molar-refractivity contribution < 1.29 is 13.2 Å². The molecule has 1 unspecified atom stereocenters. The molecule has 0 radical (unpaired) electrons. The van der Waals surface area contributed by atoms with Gasteiger partial charge in [0.15, 0.2) is 0 Å². The third-order valence-electron chi connectivity index (χ3n) is 2.09. The molecule has 0 aromatic carbocycles. The van der Waals surface area contributed by atoms with Crippen LogP contribution in [0.25, 0.3) is 0 Å². The number of aryl methyl sites for hydroxylation is 1. The van der Waals surface area contributed by atoms with Gasteiger partial charge < -0.3 is 5.73 Å². The lowest BCUT2D eigenvalue weighted by Gasteiger charge is -2.13. The van der Waals surface area contributed by atoms with E-state index >= 15 is 0 Å². The molecule has 0 amide bonds. The summed E-state index contributed by atoms with van der Waals surface area (Å²) in [4.78, 5) is 3.95. The minimum atomic E-state index is -4.14. The fraction of sp³-hybridized carbons (Fsp3) is 0.500. The Kier molecular flexibility index (Phi) is 3.68. The zero-order chi connectivity index (χ0) is 11.5. The van der Waals surface area contributed by atoms with Gasteiger partial charge in [-0.15, -0.1) is 0 Å². The third-order valence-corrected chi connectivity index (χ3v) is 2.09. The summed E-state index contributed by atoms with van der Waals surface area (Å²) in [5.74, 6) is 0. The molecule has 2 nitrogen and oxygen atoms in total. The van der Waals surface area contributed by atoms with Gasteiger partial charge in [0, 0.05) is 24.4 Å². The van der Waals surface area contributed by atoms with E-state index in [1.165, 1.54) is 0 Å². The van der Waals surface area contributed by atoms with Crippen LogP contribution in [0.2, 0.25) is 0 Å². The smallest absolute Gasteiger partial charge is 0.324 e. The summed E-state index contributed by atoms with van der Waals surface area (Å²) in [5, 5.41) is 0. The van der Waals surface area contributed by atoms with Crippen LogP contribution in [0.15, 0.2) is 18.3 Å². The molecule has 1 aromatic rings. The summed E-state index contributed by atoms with van der Waals surface area (Å²) in [6, 6.07) is 2.78. The van der Waals surface area contributed by atoms with Crippen molar-refractivity contribution in [2.45, 2.75) is 32.0 Å². The van der Waals surface area contributed by atoms with Gasteiger partial charge in [0.1, 0.15) is 0 Å². The number of hydrogen-bond donors (Lipinski definition) is 1. The molecule has 84 valence electrons. The van der Waals surface area contributed by atoms with Crippen molar-refractivity contribution in [3.63, 3.8) is 0 Å².